The average molecular weight is 392 g/mol. The number of amides is 1. The summed E-state index contributed by atoms with van der Waals surface area (Å²) in [5.41, 5.74) is 0.152. The minimum atomic E-state index is -3.72. The predicted molar refractivity (Wildman–Crippen MR) is 101 cm³/mol. The third-order valence-electron chi connectivity index (χ3n) is 5.68. The van der Waals surface area contributed by atoms with Gasteiger partial charge in [0.2, 0.25) is 10.0 Å². The van der Waals surface area contributed by atoms with Crippen LogP contribution in [0.25, 0.3) is 0 Å². The van der Waals surface area contributed by atoms with Gasteiger partial charge in [0.05, 0.1) is 23.0 Å². The maximum absolute atomic E-state index is 12.9. The molecule has 146 valence electrons. The smallest absolute Gasteiger partial charge is 0.277 e. The Balaban J connectivity index is 1.61. The van der Waals surface area contributed by atoms with Gasteiger partial charge >= 0.3 is 0 Å². The van der Waals surface area contributed by atoms with Crippen molar-refractivity contribution in [2.24, 2.45) is 0 Å². The summed E-state index contributed by atoms with van der Waals surface area (Å²) in [6, 6.07) is 8.70. The molecule has 0 aromatic heterocycles. The number of rotatable bonds is 4. The lowest BCUT2D eigenvalue weighted by atomic mass is 10.0. The van der Waals surface area contributed by atoms with Gasteiger partial charge in [0.25, 0.3) is 5.91 Å². The largest absolute Gasteiger partial charge is 0.335 e. The van der Waals surface area contributed by atoms with Gasteiger partial charge in [-0.05, 0) is 38.3 Å². The second-order valence-corrected chi connectivity index (χ2v) is 9.28. The normalized spacial score (nSPS) is 24.4. The van der Waals surface area contributed by atoms with E-state index in [0.29, 0.717) is 25.7 Å². The monoisotopic (exact) mass is 391 g/mol. The topological polar surface area (TPSA) is 85.9 Å². The van der Waals surface area contributed by atoms with E-state index in [0.717, 1.165) is 19.4 Å². The molecule has 2 heterocycles. The number of benzene rings is 1. The molecule has 0 bridgehead atoms. The number of nitrogens with zero attached hydrogens (tertiary/aromatic N) is 3. The van der Waals surface area contributed by atoms with E-state index < -0.39 is 10.0 Å². The number of sulfonamides is 1. The molecule has 1 unspecified atom stereocenters. The molecule has 2 aliphatic rings. The van der Waals surface area contributed by atoms with Gasteiger partial charge in [-0.25, -0.2) is 8.42 Å². The molecule has 1 N–H and O–H groups in total. The molecule has 8 heteroatoms. The number of likely N-dealkylation sites (tertiary alicyclic amines) is 1. The quantitative estimate of drug-likeness (QED) is 0.773. The van der Waals surface area contributed by atoms with Crippen molar-refractivity contribution in [2.75, 3.05) is 39.3 Å². The van der Waals surface area contributed by atoms with Gasteiger partial charge in [-0.15, -0.1) is 0 Å². The summed E-state index contributed by atoms with van der Waals surface area (Å²) in [5, 5.41) is 9.18. The first kappa shape index (κ1) is 19.8. The molecule has 2 saturated heterocycles. The van der Waals surface area contributed by atoms with E-state index in [1.54, 1.807) is 17.0 Å². The molecular weight excluding hydrogens is 364 g/mol. The molecule has 3 rings (SSSR count). The number of piperazine rings is 1. The number of hydrogen-bond donors (Lipinski definition) is 1. The summed E-state index contributed by atoms with van der Waals surface area (Å²) in [7, 11) is -3.72. The van der Waals surface area contributed by atoms with E-state index in [-0.39, 0.29) is 29.5 Å². The lowest BCUT2D eigenvalue weighted by Gasteiger charge is -2.36. The lowest BCUT2D eigenvalue weighted by Crippen LogP contribution is -3.17. The Morgan fingerprint density at radius 1 is 1.22 bits per heavy atom. The molecule has 2 aliphatic heterocycles. The molecule has 0 aliphatic carbocycles. The number of nitrogens with one attached hydrogen (secondary N) is 1. The third-order valence-corrected chi connectivity index (χ3v) is 7.63. The second kappa shape index (κ2) is 8.38. The van der Waals surface area contributed by atoms with E-state index >= 15 is 0 Å². The molecule has 2 atom stereocenters. The minimum absolute atomic E-state index is 0.0406. The number of hydrogen-bond acceptors (Lipinski definition) is 4. The van der Waals surface area contributed by atoms with Crippen LogP contribution in [-0.4, -0.2) is 68.8 Å². The molecule has 0 saturated carbocycles. The van der Waals surface area contributed by atoms with Gasteiger partial charge in [0.15, 0.2) is 6.54 Å². The molecular formula is C19H27N4O3S+. The van der Waals surface area contributed by atoms with Crippen LogP contribution in [0.4, 0.5) is 0 Å². The van der Waals surface area contributed by atoms with Crippen molar-refractivity contribution in [3.05, 3.63) is 29.8 Å². The van der Waals surface area contributed by atoms with Gasteiger partial charge < -0.3 is 9.80 Å². The summed E-state index contributed by atoms with van der Waals surface area (Å²) in [6.45, 7) is 5.04. The molecule has 27 heavy (non-hydrogen) atoms. The highest BCUT2D eigenvalue weighted by Gasteiger charge is 2.33. The first-order valence-electron chi connectivity index (χ1n) is 9.55. The second-order valence-electron chi connectivity index (χ2n) is 7.37. The molecule has 1 aromatic carbocycles. The zero-order valence-electron chi connectivity index (χ0n) is 15.7. The summed E-state index contributed by atoms with van der Waals surface area (Å²) in [5.74, 6) is 0.105. The van der Waals surface area contributed by atoms with Crippen LogP contribution in [0.15, 0.2) is 29.2 Å². The maximum Gasteiger partial charge on any atom is 0.277 e. The number of piperidine rings is 1. The molecule has 1 aromatic rings. The highest BCUT2D eigenvalue weighted by atomic mass is 32.2. The van der Waals surface area contributed by atoms with E-state index in [9.17, 15) is 18.5 Å². The summed E-state index contributed by atoms with van der Waals surface area (Å²) < 4.78 is 27.1. The Morgan fingerprint density at radius 2 is 1.93 bits per heavy atom. The third kappa shape index (κ3) is 4.32. The fraction of sp³-hybridized carbons (Fsp3) is 0.579. The lowest BCUT2D eigenvalue weighted by molar-refractivity contribution is -0.921. The summed E-state index contributed by atoms with van der Waals surface area (Å²) in [6.07, 6.45) is 3.56. The van der Waals surface area contributed by atoms with Crippen LogP contribution in [-0.2, 0) is 14.8 Å². The van der Waals surface area contributed by atoms with Gasteiger partial charge in [-0.3, -0.25) is 4.79 Å². The van der Waals surface area contributed by atoms with E-state index in [4.69, 9.17) is 0 Å². The zero-order chi connectivity index (χ0) is 19.4. The van der Waals surface area contributed by atoms with E-state index in [1.807, 2.05) is 6.07 Å². The molecule has 0 radical (unpaired) electrons. The van der Waals surface area contributed by atoms with Crippen LogP contribution in [0.2, 0.25) is 0 Å². The summed E-state index contributed by atoms with van der Waals surface area (Å²) >= 11 is 0. The van der Waals surface area contributed by atoms with Crippen molar-refractivity contribution in [1.82, 2.24) is 9.21 Å². The standard InChI is InChI=1S/C19H26N4O3S/c1-16-6-4-5-9-22(16)15-19(24)21-10-12-23(13-11-21)27(25,26)18-8-3-2-7-17(18)14-20/h2-3,7-8,16H,4-6,9-13,15H2,1H3/p+1/t16-/m0/s1. The Bertz CT molecular complexity index is 826. The van der Waals surface area contributed by atoms with E-state index in [1.165, 1.54) is 27.8 Å². The SMILES string of the molecule is C[C@H]1CCCC[NH+]1CC(=O)N1CCN(S(=O)(=O)c2ccccc2C#N)CC1. The maximum atomic E-state index is 12.9. The van der Waals surface area contributed by atoms with Crippen molar-refractivity contribution >= 4 is 15.9 Å². The number of carbonyl (C=O) groups is 1. The Morgan fingerprint density at radius 3 is 2.59 bits per heavy atom. The van der Waals surface area contributed by atoms with Gasteiger partial charge in [-0.2, -0.15) is 9.57 Å². The van der Waals surface area contributed by atoms with Crippen molar-refractivity contribution < 1.29 is 18.1 Å². The van der Waals surface area contributed by atoms with Gasteiger partial charge in [0, 0.05) is 26.2 Å². The highest BCUT2D eigenvalue weighted by Crippen LogP contribution is 2.21. The highest BCUT2D eigenvalue weighted by molar-refractivity contribution is 7.89. The van der Waals surface area contributed by atoms with Crippen molar-refractivity contribution in [3.8, 4) is 6.07 Å². The molecule has 2 fully saturated rings. The van der Waals surface area contributed by atoms with Crippen molar-refractivity contribution in [2.45, 2.75) is 37.1 Å². The molecule has 0 spiro atoms. The van der Waals surface area contributed by atoms with Crippen molar-refractivity contribution in [3.63, 3.8) is 0 Å². The van der Waals surface area contributed by atoms with Crippen molar-refractivity contribution in [1.29, 1.82) is 5.26 Å². The van der Waals surface area contributed by atoms with Crippen LogP contribution < -0.4 is 4.90 Å². The zero-order valence-corrected chi connectivity index (χ0v) is 16.5. The number of carbonyl (C=O) groups excluding carboxylic acids is 1. The van der Waals surface area contributed by atoms with Crippen LogP contribution in [0, 0.1) is 11.3 Å². The minimum Gasteiger partial charge on any atom is -0.335 e. The first-order chi connectivity index (χ1) is 12.9. The average Bonchev–Trinajstić information content (AvgIpc) is 2.69. The van der Waals surface area contributed by atoms with Crippen LogP contribution in [0.1, 0.15) is 31.7 Å². The van der Waals surface area contributed by atoms with E-state index in [2.05, 4.69) is 6.92 Å². The van der Waals surface area contributed by atoms with Crippen LogP contribution in [0.3, 0.4) is 0 Å². The number of nitriles is 1. The predicted octanol–water partition coefficient (Wildman–Crippen LogP) is -0.152. The summed E-state index contributed by atoms with van der Waals surface area (Å²) in [4.78, 5) is 15.8. The van der Waals surface area contributed by atoms with Crippen LogP contribution >= 0.6 is 0 Å². The first-order valence-corrected chi connectivity index (χ1v) is 11.0. The Labute approximate surface area is 161 Å². The molecule has 1 amide bonds. The van der Waals surface area contributed by atoms with Gasteiger partial charge in [0.1, 0.15) is 6.07 Å². The fourth-order valence-corrected chi connectivity index (χ4v) is 5.49. The molecule has 7 nitrogen and oxygen atoms in total. The van der Waals surface area contributed by atoms with Gasteiger partial charge in [-0.1, -0.05) is 12.1 Å². The van der Waals surface area contributed by atoms with Crippen LogP contribution in [0.5, 0.6) is 0 Å². The Kier molecular flexibility index (Phi) is 6.15. The number of quaternary nitrogens is 1. The fourth-order valence-electron chi connectivity index (χ4n) is 3.92. The Hall–Kier alpha value is -1.95.